The van der Waals surface area contributed by atoms with Crippen LogP contribution in [0.25, 0.3) is 0 Å². The summed E-state index contributed by atoms with van der Waals surface area (Å²) in [7, 11) is 0. The molecular formula is C22H23N5O2. The van der Waals surface area contributed by atoms with E-state index in [1.165, 1.54) is 6.33 Å². The molecule has 0 saturated heterocycles. The summed E-state index contributed by atoms with van der Waals surface area (Å²) in [6.45, 7) is 6.42. The number of anilines is 2. The SMILES string of the molecule is CCOc1ccc(C2C(C(=O)Nc3cccc(C)c3)=C(C)Nc3ncnn32)cc1. The number of aromatic nitrogens is 3. The van der Waals surface area contributed by atoms with E-state index in [1.807, 2.05) is 69.3 Å². The number of aryl methyl sites for hydroxylation is 1. The summed E-state index contributed by atoms with van der Waals surface area (Å²) in [5, 5.41) is 10.6. The number of carbonyl (C=O) groups excluding carboxylic acids is 1. The number of allylic oxidation sites excluding steroid dienone is 1. The normalized spacial score (nSPS) is 15.5. The summed E-state index contributed by atoms with van der Waals surface area (Å²) < 4.78 is 7.28. The van der Waals surface area contributed by atoms with Gasteiger partial charge in [-0.25, -0.2) is 4.68 Å². The molecule has 1 aliphatic heterocycles. The number of fused-ring (bicyclic) bond motifs is 1. The van der Waals surface area contributed by atoms with E-state index in [4.69, 9.17) is 4.74 Å². The summed E-state index contributed by atoms with van der Waals surface area (Å²) >= 11 is 0. The van der Waals surface area contributed by atoms with Crippen molar-refractivity contribution in [1.82, 2.24) is 14.8 Å². The van der Waals surface area contributed by atoms with Gasteiger partial charge in [0.15, 0.2) is 0 Å². The van der Waals surface area contributed by atoms with Gasteiger partial charge >= 0.3 is 0 Å². The fourth-order valence-electron chi connectivity index (χ4n) is 3.53. The van der Waals surface area contributed by atoms with Gasteiger partial charge in [0.2, 0.25) is 5.95 Å². The van der Waals surface area contributed by atoms with E-state index in [9.17, 15) is 4.79 Å². The Bertz CT molecular complexity index is 1070. The average molecular weight is 389 g/mol. The largest absolute Gasteiger partial charge is 0.494 e. The second-order valence-corrected chi connectivity index (χ2v) is 6.92. The predicted molar refractivity (Wildman–Crippen MR) is 112 cm³/mol. The van der Waals surface area contributed by atoms with Crippen LogP contribution in [0.15, 0.2) is 66.1 Å². The van der Waals surface area contributed by atoms with Gasteiger partial charge in [0.05, 0.1) is 12.2 Å². The fraction of sp³-hybridized carbons (Fsp3) is 0.227. The molecule has 0 aliphatic carbocycles. The van der Waals surface area contributed by atoms with Gasteiger partial charge < -0.3 is 15.4 Å². The Balaban J connectivity index is 1.72. The van der Waals surface area contributed by atoms with Gasteiger partial charge in [-0.1, -0.05) is 24.3 Å². The minimum Gasteiger partial charge on any atom is -0.494 e. The molecule has 7 nitrogen and oxygen atoms in total. The van der Waals surface area contributed by atoms with E-state index in [0.29, 0.717) is 18.1 Å². The zero-order valence-electron chi connectivity index (χ0n) is 16.6. The van der Waals surface area contributed by atoms with Gasteiger partial charge in [0.1, 0.15) is 18.1 Å². The Kier molecular flexibility index (Phi) is 5.03. The van der Waals surface area contributed by atoms with Crippen LogP contribution in [0.3, 0.4) is 0 Å². The molecule has 2 aromatic carbocycles. The van der Waals surface area contributed by atoms with Crippen molar-refractivity contribution in [2.75, 3.05) is 17.2 Å². The van der Waals surface area contributed by atoms with Crippen LogP contribution in [0.4, 0.5) is 11.6 Å². The minimum atomic E-state index is -0.394. The first-order chi connectivity index (χ1) is 14.1. The molecule has 1 atom stereocenters. The number of hydrogen-bond donors (Lipinski definition) is 2. The molecule has 3 aromatic rings. The molecule has 1 amide bonds. The maximum Gasteiger partial charge on any atom is 0.255 e. The van der Waals surface area contributed by atoms with E-state index in [-0.39, 0.29) is 5.91 Å². The first kappa shape index (κ1) is 18.7. The van der Waals surface area contributed by atoms with Crippen LogP contribution < -0.4 is 15.4 Å². The van der Waals surface area contributed by atoms with E-state index in [1.54, 1.807) is 4.68 Å². The number of hydrogen-bond acceptors (Lipinski definition) is 5. The van der Waals surface area contributed by atoms with Crippen molar-refractivity contribution in [2.45, 2.75) is 26.8 Å². The summed E-state index contributed by atoms with van der Waals surface area (Å²) in [5.74, 6) is 1.21. The molecular weight excluding hydrogens is 366 g/mol. The van der Waals surface area contributed by atoms with E-state index >= 15 is 0 Å². The Hall–Kier alpha value is -3.61. The lowest BCUT2D eigenvalue weighted by Gasteiger charge is -2.28. The number of amides is 1. The Morgan fingerprint density at radius 3 is 2.72 bits per heavy atom. The van der Waals surface area contributed by atoms with Crippen LogP contribution in [0, 0.1) is 6.92 Å². The molecule has 0 fully saturated rings. The molecule has 4 rings (SSSR count). The highest BCUT2D eigenvalue weighted by atomic mass is 16.5. The highest BCUT2D eigenvalue weighted by Gasteiger charge is 2.33. The molecule has 148 valence electrons. The summed E-state index contributed by atoms with van der Waals surface area (Å²) in [5.41, 5.74) is 4.10. The Labute approximate surface area is 169 Å². The van der Waals surface area contributed by atoms with Crippen molar-refractivity contribution in [2.24, 2.45) is 0 Å². The van der Waals surface area contributed by atoms with Crippen molar-refractivity contribution in [1.29, 1.82) is 0 Å². The lowest BCUT2D eigenvalue weighted by Crippen LogP contribution is -2.31. The van der Waals surface area contributed by atoms with Crippen LogP contribution in [0.2, 0.25) is 0 Å². The van der Waals surface area contributed by atoms with Gasteiger partial charge in [0.25, 0.3) is 5.91 Å². The molecule has 0 radical (unpaired) electrons. The molecule has 0 spiro atoms. The van der Waals surface area contributed by atoms with E-state index in [2.05, 4.69) is 20.7 Å². The van der Waals surface area contributed by atoms with Crippen LogP contribution in [0.1, 0.15) is 31.0 Å². The highest BCUT2D eigenvalue weighted by molar-refractivity contribution is 6.06. The average Bonchev–Trinajstić information content (AvgIpc) is 3.16. The molecule has 29 heavy (non-hydrogen) atoms. The quantitative estimate of drug-likeness (QED) is 0.691. The predicted octanol–water partition coefficient (Wildman–Crippen LogP) is 3.91. The molecule has 1 aliphatic rings. The van der Waals surface area contributed by atoms with Crippen LogP contribution in [-0.4, -0.2) is 27.3 Å². The van der Waals surface area contributed by atoms with Crippen molar-refractivity contribution in [3.05, 3.63) is 77.3 Å². The summed E-state index contributed by atoms with van der Waals surface area (Å²) in [4.78, 5) is 17.5. The van der Waals surface area contributed by atoms with Crippen LogP contribution in [0.5, 0.6) is 5.75 Å². The van der Waals surface area contributed by atoms with Crippen molar-refractivity contribution in [3.8, 4) is 5.75 Å². The number of nitrogens with one attached hydrogen (secondary N) is 2. The monoisotopic (exact) mass is 389 g/mol. The van der Waals surface area contributed by atoms with Gasteiger partial charge in [-0.15, -0.1) is 0 Å². The topological polar surface area (TPSA) is 81.1 Å². The first-order valence-electron chi connectivity index (χ1n) is 9.55. The van der Waals surface area contributed by atoms with Crippen molar-refractivity contribution >= 4 is 17.5 Å². The maximum absolute atomic E-state index is 13.3. The number of benzene rings is 2. The number of rotatable bonds is 5. The summed E-state index contributed by atoms with van der Waals surface area (Å²) in [6.07, 6.45) is 1.48. The molecule has 0 bridgehead atoms. The lowest BCUT2D eigenvalue weighted by atomic mass is 9.95. The van der Waals surface area contributed by atoms with Crippen molar-refractivity contribution in [3.63, 3.8) is 0 Å². The van der Waals surface area contributed by atoms with Crippen molar-refractivity contribution < 1.29 is 9.53 Å². The third kappa shape index (κ3) is 3.71. The van der Waals surface area contributed by atoms with Crippen LogP contribution >= 0.6 is 0 Å². The summed E-state index contributed by atoms with van der Waals surface area (Å²) in [6, 6.07) is 15.1. The molecule has 1 unspecified atom stereocenters. The molecule has 7 heteroatoms. The number of carbonyl (C=O) groups is 1. The van der Waals surface area contributed by atoms with Gasteiger partial charge in [0, 0.05) is 11.4 Å². The van der Waals surface area contributed by atoms with Gasteiger partial charge in [-0.2, -0.15) is 10.1 Å². The second kappa shape index (κ2) is 7.79. The third-order valence-corrected chi connectivity index (χ3v) is 4.82. The fourth-order valence-corrected chi connectivity index (χ4v) is 3.53. The minimum absolute atomic E-state index is 0.180. The molecule has 2 heterocycles. The third-order valence-electron chi connectivity index (χ3n) is 4.82. The van der Waals surface area contributed by atoms with E-state index < -0.39 is 6.04 Å². The zero-order valence-corrected chi connectivity index (χ0v) is 16.6. The molecule has 0 saturated carbocycles. The van der Waals surface area contributed by atoms with Gasteiger partial charge in [-0.05, 0) is 56.2 Å². The zero-order chi connectivity index (χ0) is 20.4. The Morgan fingerprint density at radius 2 is 2.00 bits per heavy atom. The standard InChI is InChI=1S/C22H23N5O2/c1-4-29-18-10-8-16(9-11-18)20-19(15(3)25-22-23-13-24-27(20)22)21(28)26-17-7-5-6-14(2)12-17/h5-13,20H,4H2,1-3H3,(H,26,28)(H,23,24,25). The van der Waals surface area contributed by atoms with E-state index in [0.717, 1.165) is 28.3 Å². The molecule has 2 N–H and O–H groups in total. The lowest BCUT2D eigenvalue weighted by molar-refractivity contribution is -0.113. The van der Waals surface area contributed by atoms with Crippen LogP contribution in [-0.2, 0) is 4.79 Å². The number of nitrogens with zero attached hydrogens (tertiary/aromatic N) is 3. The number of ether oxygens (including phenoxy) is 1. The maximum atomic E-state index is 13.3. The second-order valence-electron chi connectivity index (χ2n) is 6.92. The first-order valence-corrected chi connectivity index (χ1v) is 9.55. The van der Waals surface area contributed by atoms with Gasteiger partial charge in [-0.3, -0.25) is 4.79 Å². The highest BCUT2D eigenvalue weighted by Crippen LogP contribution is 2.35. The molecule has 1 aromatic heterocycles. The smallest absolute Gasteiger partial charge is 0.255 e. The Morgan fingerprint density at radius 1 is 1.21 bits per heavy atom.